The molecule has 0 spiro atoms. The molecule has 0 atom stereocenters. The fourth-order valence-electron chi connectivity index (χ4n) is 2.90. The first-order chi connectivity index (χ1) is 12.7. The van der Waals surface area contributed by atoms with Crippen LogP contribution in [0.25, 0.3) is 0 Å². The molecule has 0 radical (unpaired) electrons. The Labute approximate surface area is 156 Å². The SMILES string of the molecule is N#CCOc1ccc(NC(=O)C2CCN(C(=O)c3cccs3)CC2)cc1. The lowest BCUT2D eigenvalue weighted by Gasteiger charge is -2.31. The van der Waals surface area contributed by atoms with Gasteiger partial charge < -0.3 is 15.0 Å². The summed E-state index contributed by atoms with van der Waals surface area (Å²) in [6.07, 6.45) is 1.32. The fraction of sp³-hybridized carbons (Fsp3) is 0.316. The van der Waals surface area contributed by atoms with Crippen molar-refractivity contribution < 1.29 is 14.3 Å². The number of ether oxygens (including phenoxy) is 1. The number of rotatable bonds is 5. The Hall–Kier alpha value is -2.85. The second kappa shape index (κ2) is 8.50. The Morgan fingerprint density at radius 1 is 1.23 bits per heavy atom. The van der Waals surface area contributed by atoms with Crippen molar-refractivity contribution in [3.63, 3.8) is 0 Å². The second-order valence-corrected chi connectivity index (χ2v) is 6.95. The van der Waals surface area contributed by atoms with Crippen molar-refractivity contribution in [1.82, 2.24) is 4.90 Å². The largest absolute Gasteiger partial charge is 0.479 e. The van der Waals surface area contributed by atoms with E-state index in [1.54, 1.807) is 24.3 Å². The minimum atomic E-state index is -0.100. The lowest BCUT2D eigenvalue weighted by molar-refractivity contribution is -0.121. The van der Waals surface area contributed by atoms with Crippen LogP contribution in [0.5, 0.6) is 5.75 Å². The first-order valence-electron chi connectivity index (χ1n) is 8.41. The van der Waals surface area contributed by atoms with Crippen molar-refractivity contribution in [1.29, 1.82) is 5.26 Å². The average molecular weight is 369 g/mol. The predicted octanol–water partition coefficient (Wildman–Crippen LogP) is 3.14. The molecule has 3 rings (SSSR count). The maximum atomic E-state index is 12.4. The molecule has 1 N–H and O–H groups in total. The van der Waals surface area contributed by atoms with Crippen molar-refractivity contribution in [3.05, 3.63) is 46.7 Å². The molecule has 1 saturated heterocycles. The van der Waals surface area contributed by atoms with Gasteiger partial charge in [-0.15, -0.1) is 11.3 Å². The molecule has 26 heavy (non-hydrogen) atoms. The molecule has 0 saturated carbocycles. The van der Waals surface area contributed by atoms with Gasteiger partial charge in [-0.3, -0.25) is 9.59 Å². The summed E-state index contributed by atoms with van der Waals surface area (Å²) in [4.78, 5) is 27.3. The number of hydrogen-bond acceptors (Lipinski definition) is 5. The summed E-state index contributed by atoms with van der Waals surface area (Å²) in [6, 6.07) is 12.5. The monoisotopic (exact) mass is 369 g/mol. The third-order valence-corrected chi connectivity index (χ3v) is 5.17. The molecule has 6 nitrogen and oxygen atoms in total. The van der Waals surface area contributed by atoms with Crippen LogP contribution in [0.4, 0.5) is 5.69 Å². The van der Waals surface area contributed by atoms with Crippen LogP contribution in [-0.2, 0) is 4.79 Å². The molecule has 2 heterocycles. The van der Waals surface area contributed by atoms with Crippen LogP contribution in [0.15, 0.2) is 41.8 Å². The van der Waals surface area contributed by atoms with Gasteiger partial charge in [0.25, 0.3) is 5.91 Å². The molecule has 1 aromatic heterocycles. The zero-order valence-corrected chi connectivity index (χ0v) is 15.0. The van der Waals surface area contributed by atoms with Crippen LogP contribution in [0.2, 0.25) is 0 Å². The molecule has 1 fully saturated rings. The summed E-state index contributed by atoms with van der Waals surface area (Å²) in [6.45, 7) is 1.18. The van der Waals surface area contributed by atoms with E-state index >= 15 is 0 Å². The molecular formula is C19H19N3O3S. The molecule has 1 aliphatic heterocycles. The lowest BCUT2D eigenvalue weighted by atomic mass is 9.95. The first kappa shape index (κ1) is 18.0. The van der Waals surface area contributed by atoms with E-state index in [1.165, 1.54) is 11.3 Å². The van der Waals surface area contributed by atoms with Gasteiger partial charge in [-0.1, -0.05) is 6.07 Å². The molecule has 0 aliphatic carbocycles. The number of thiophene rings is 1. The topological polar surface area (TPSA) is 82.4 Å². The highest BCUT2D eigenvalue weighted by atomic mass is 32.1. The zero-order valence-electron chi connectivity index (χ0n) is 14.2. The van der Waals surface area contributed by atoms with E-state index in [-0.39, 0.29) is 24.3 Å². The van der Waals surface area contributed by atoms with Crippen molar-refractivity contribution in [2.75, 3.05) is 25.0 Å². The minimum absolute atomic E-state index is 0.00548. The maximum Gasteiger partial charge on any atom is 0.263 e. The molecule has 7 heteroatoms. The molecule has 1 aliphatic rings. The van der Waals surface area contributed by atoms with Gasteiger partial charge in [-0.05, 0) is 48.6 Å². The van der Waals surface area contributed by atoms with Gasteiger partial charge in [-0.2, -0.15) is 5.26 Å². The molecule has 134 valence electrons. The number of likely N-dealkylation sites (tertiary alicyclic amines) is 1. The summed E-state index contributed by atoms with van der Waals surface area (Å²) in [7, 11) is 0. The van der Waals surface area contributed by atoms with Crippen molar-refractivity contribution in [2.45, 2.75) is 12.8 Å². The molecule has 1 aromatic carbocycles. The number of amides is 2. The van der Waals surface area contributed by atoms with E-state index in [2.05, 4.69) is 5.32 Å². The van der Waals surface area contributed by atoms with Gasteiger partial charge in [0.1, 0.15) is 11.8 Å². The number of nitrogens with one attached hydrogen (secondary N) is 1. The molecular weight excluding hydrogens is 350 g/mol. The third-order valence-electron chi connectivity index (χ3n) is 4.31. The molecule has 0 unspecified atom stereocenters. The zero-order chi connectivity index (χ0) is 18.4. The van der Waals surface area contributed by atoms with E-state index < -0.39 is 0 Å². The lowest BCUT2D eigenvalue weighted by Crippen LogP contribution is -2.41. The van der Waals surface area contributed by atoms with Crippen LogP contribution in [0.1, 0.15) is 22.5 Å². The van der Waals surface area contributed by atoms with Gasteiger partial charge in [0, 0.05) is 24.7 Å². The quantitative estimate of drug-likeness (QED) is 0.878. The standard InChI is InChI=1S/C19H19N3O3S/c20-9-12-25-16-5-3-15(4-6-16)21-18(23)14-7-10-22(11-8-14)19(24)17-2-1-13-26-17/h1-6,13-14H,7-8,10-12H2,(H,21,23). The normalized spacial score (nSPS) is 14.5. The number of carbonyl (C=O) groups is 2. The highest BCUT2D eigenvalue weighted by Crippen LogP contribution is 2.23. The highest BCUT2D eigenvalue weighted by molar-refractivity contribution is 7.12. The van der Waals surface area contributed by atoms with Crippen molar-refractivity contribution in [2.24, 2.45) is 5.92 Å². The van der Waals surface area contributed by atoms with E-state index in [0.717, 1.165) is 4.88 Å². The number of carbonyl (C=O) groups excluding carboxylic acids is 2. The van der Waals surface area contributed by atoms with E-state index in [4.69, 9.17) is 10.00 Å². The van der Waals surface area contributed by atoms with Gasteiger partial charge in [0.2, 0.25) is 5.91 Å². The van der Waals surface area contributed by atoms with Gasteiger partial charge >= 0.3 is 0 Å². The molecule has 0 bridgehead atoms. The van der Waals surface area contributed by atoms with Crippen molar-refractivity contribution >= 4 is 28.8 Å². The summed E-state index contributed by atoms with van der Waals surface area (Å²) < 4.78 is 5.19. The van der Waals surface area contributed by atoms with Crippen LogP contribution >= 0.6 is 11.3 Å². The summed E-state index contributed by atoms with van der Waals surface area (Å²) in [5.41, 5.74) is 0.691. The van der Waals surface area contributed by atoms with Crippen molar-refractivity contribution in [3.8, 4) is 11.8 Å². The number of benzene rings is 1. The summed E-state index contributed by atoms with van der Waals surface area (Å²) in [5, 5.41) is 13.3. The first-order valence-corrected chi connectivity index (χ1v) is 9.29. The number of anilines is 1. The van der Waals surface area contributed by atoms with Gasteiger partial charge in [-0.25, -0.2) is 0 Å². The van der Waals surface area contributed by atoms with Gasteiger partial charge in [0.05, 0.1) is 4.88 Å². The van der Waals surface area contributed by atoms with E-state index in [1.807, 2.05) is 28.5 Å². The Balaban J connectivity index is 1.49. The van der Waals surface area contributed by atoms with E-state index in [9.17, 15) is 9.59 Å². The second-order valence-electron chi connectivity index (χ2n) is 6.00. The number of hydrogen-bond donors (Lipinski definition) is 1. The molecule has 2 amide bonds. The number of piperidine rings is 1. The van der Waals surface area contributed by atoms with Crippen LogP contribution in [-0.4, -0.2) is 36.4 Å². The van der Waals surface area contributed by atoms with Crippen LogP contribution in [0.3, 0.4) is 0 Å². The summed E-state index contributed by atoms with van der Waals surface area (Å²) >= 11 is 1.44. The molecule has 2 aromatic rings. The Kier molecular flexibility index (Phi) is 5.87. The van der Waals surface area contributed by atoms with Crippen LogP contribution < -0.4 is 10.1 Å². The van der Waals surface area contributed by atoms with Crippen LogP contribution in [0, 0.1) is 17.2 Å². The fourth-order valence-corrected chi connectivity index (χ4v) is 3.59. The third kappa shape index (κ3) is 4.41. The number of nitrogens with zero attached hydrogens (tertiary/aromatic N) is 2. The Morgan fingerprint density at radius 3 is 2.58 bits per heavy atom. The van der Waals surface area contributed by atoms with Gasteiger partial charge in [0.15, 0.2) is 6.61 Å². The Bertz CT molecular complexity index is 788. The Morgan fingerprint density at radius 2 is 1.96 bits per heavy atom. The highest BCUT2D eigenvalue weighted by Gasteiger charge is 2.28. The maximum absolute atomic E-state index is 12.4. The smallest absolute Gasteiger partial charge is 0.263 e. The predicted molar refractivity (Wildman–Crippen MR) is 99.1 cm³/mol. The minimum Gasteiger partial charge on any atom is -0.479 e. The summed E-state index contributed by atoms with van der Waals surface area (Å²) in [5.74, 6) is 0.507. The average Bonchev–Trinajstić information content (AvgIpc) is 3.22. The van der Waals surface area contributed by atoms with E-state index in [0.29, 0.717) is 37.4 Å². The number of nitriles is 1.